The predicted molar refractivity (Wildman–Crippen MR) is 208 cm³/mol. The average molecular weight is 707 g/mol. The number of hydrogen-bond donors (Lipinski definition) is 2. The van der Waals surface area contributed by atoms with Gasteiger partial charge in [-0.3, -0.25) is 0 Å². The number of nitrogens with one attached hydrogen (secondary N) is 2. The molecule has 48 heavy (non-hydrogen) atoms. The molecule has 0 unspecified atom stereocenters. The van der Waals surface area contributed by atoms with Crippen LogP contribution in [0.1, 0.15) is 22.3 Å². The third-order valence-corrected chi connectivity index (χ3v) is 6.34. The van der Waals surface area contributed by atoms with Gasteiger partial charge in [-0.2, -0.15) is 0 Å². The Bertz CT molecular complexity index is 1810. The van der Waals surface area contributed by atoms with E-state index in [2.05, 4.69) is 34.3 Å². The van der Waals surface area contributed by atoms with Crippen LogP contribution in [0.3, 0.4) is 0 Å². The number of hydrogen-bond acceptors (Lipinski definition) is 4. The van der Waals surface area contributed by atoms with Gasteiger partial charge in [-0.15, -0.1) is 72.1 Å². The smallest absolute Gasteiger partial charge is 0.0967 e. The monoisotopic (exact) mass is 704 g/mol. The largest absolute Gasteiger partial charge is 0.354 e. The number of allylic oxidation sites excluding steroid dienone is 2. The number of rotatable bonds is 6. The Balaban J connectivity index is 0.000000969. The van der Waals surface area contributed by atoms with Gasteiger partial charge in [-0.1, -0.05) is 23.7 Å². The molecule has 0 radical (unpaired) electrons. The van der Waals surface area contributed by atoms with E-state index in [0.29, 0.717) is 11.4 Å². The summed E-state index contributed by atoms with van der Waals surface area (Å²) in [5.74, 6) is 10.6. The molecule has 0 amide bonds. The Labute approximate surface area is 302 Å². The van der Waals surface area contributed by atoms with Crippen molar-refractivity contribution in [3.05, 3.63) is 143 Å². The molecular formula is C40H28Cl4N4. The fourth-order valence-electron chi connectivity index (χ4n) is 4.12. The summed E-state index contributed by atoms with van der Waals surface area (Å²) in [5.41, 5.74) is 9.22. The van der Waals surface area contributed by atoms with E-state index in [1.54, 1.807) is 0 Å². The molecule has 0 aromatic heterocycles. The van der Waals surface area contributed by atoms with Crippen molar-refractivity contribution in [1.82, 2.24) is 0 Å². The van der Waals surface area contributed by atoms with Crippen LogP contribution in [-0.2, 0) is 0 Å². The molecule has 4 aromatic rings. The topological polar surface area (TPSA) is 48.8 Å². The van der Waals surface area contributed by atoms with Gasteiger partial charge in [0.1, 0.15) is 0 Å². The third kappa shape index (κ3) is 11.5. The van der Waals surface area contributed by atoms with E-state index in [9.17, 15) is 0 Å². The molecule has 0 saturated heterocycles. The van der Waals surface area contributed by atoms with E-state index in [1.165, 1.54) is 0 Å². The molecule has 0 saturated carbocycles. The Morgan fingerprint density at radius 2 is 0.688 bits per heavy atom. The maximum absolute atomic E-state index is 5.55. The molecule has 4 aromatic carbocycles. The number of anilines is 2. The molecule has 4 nitrogen and oxygen atoms in total. The van der Waals surface area contributed by atoms with Crippen molar-refractivity contribution in [3.63, 3.8) is 0 Å². The van der Waals surface area contributed by atoms with Crippen LogP contribution in [0, 0.1) is 49.4 Å². The minimum absolute atomic E-state index is 0.194. The van der Waals surface area contributed by atoms with Crippen LogP contribution in [0.15, 0.2) is 131 Å². The van der Waals surface area contributed by atoms with Gasteiger partial charge in [0.25, 0.3) is 0 Å². The number of terminal acetylenes is 4. The van der Waals surface area contributed by atoms with Crippen molar-refractivity contribution in [2.45, 2.75) is 0 Å². The van der Waals surface area contributed by atoms with Crippen molar-refractivity contribution in [2.24, 2.45) is 9.98 Å². The second kappa shape index (κ2) is 20.0. The highest BCUT2D eigenvalue weighted by atomic mass is 35.5. The van der Waals surface area contributed by atoms with Crippen LogP contribution >= 0.6 is 46.4 Å². The number of nitrogens with zero attached hydrogens (tertiary/aromatic N) is 2. The third-order valence-electron chi connectivity index (χ3n) is 6.34. The fraction of sp³-hybridized carbons (Fsp3) is 0.0500. The van der Waals surface area contributed by atoms with Gasteiger partial charge in [0.05, 0.1) is 44.9 Å². The Kier molecular flexibility index (Phi) is 15.5. The zero-order chi connectivity index (χ0) is 34.7. The molecule has 5 rings (SSSR count). The molecule has 2 N–H and O–H groups in total. The first-order valence-corrected chi connectivity index (χ1v) is 16.2. The quantitative estimate of drug-likeness (QED) is 0.119. The highest BCUT2D eigenvalue weighted by Crippen LogP contribution is 2.25. The van der Waals surface area contributed by atoms with Gasteiger partial charge in [-0.05, 0) is 109 Å². The van der Waals surface area contributed by atoms with Crippen LogP contribution in [0.25, 0.3) is 0 Å². The average Bonchev–Trinajstić information content (AvgIpc) is 3.12. The number of benzene rings is 4. The van der Waals surface area contributed by atoms with Crippen molar-refractivity contribution in [3.8, 4) is 49.4 Å². The minimum atomic E-state index is 0.194. The molecule has 8 heteroatoms. The molecule has 0 fully saturated rings. The predicted octanol–water partition coefficient (Wildman–Crippen LogP) is 10.3. The highest BCUT2D eigenvalue weighted by molar-refractivity contribution is 6.41. The maximum Gasteiger partial charge on any atom is 0.0967 e. The Morgan fingerprint density at radius 3 is 0.938 bits per heavy atom. The summed E-state index contributed by atoms with van der Waals surface area (Å²) in [6, 6.07) is 30.2. The summed E-state index contributed by atoms with van der Waals surface area (Å²) in [4.78, 5) is 9.91. The first-order chi connectivity index (χ1) is 23.4. The van der Waals surface area contributed by atoms with Gasteiger partial charge in [-0.25, -0.2) is 9.98 Å². The molecule has 0 atom stereocenters. The lowest BCUT2D eigenvalue weighted by molar-refractivity contribution is 1.40. The van der Waals surface area contributed by atoms with Gasteiger partial charge in [0.2, 0.25) is 0 Å². The summed E-state index contributed by atoms with van der Waals surface area (Å²) in [6.07, 6.45) is 26.1. The van der Waals surface area contributed by atoms with Crippen molar-refractivity contribution >= 4 is 80.6 Å². The lowest BCUT2D eigenvalue weighted by atomic mass is 10.0. The molecule has 1 aliphatic rings. The minimum Gasteiger partial charge on any atom is -0.354 e. The molecular weight excluding hydrogens is 678 g/mol. The highest BCUT2D eigenvalue weighted by Gasteiger charge is 2.19. The summed E-state index contributed by atoms with van der Waals surface area (Å²) >= 11 is 19.1. The molecule has 0 bridgehead atoms. The van der Waals surface area contributed by atoms with Crippen LogP contribution < -0.4 is 10.6 Å². The summed E-state index contributed by atoms with van der Waals surface area (Å²) in [5, 5.41) is 7.36. The second-order valence-corrected chi connectivity index (χ2v) is 11.0. The molecule has 0 heterocycles. The number of alkyl halides is 4. The molecule has 0 aliphatic heterocycles. The van der Waals surface area contributed by atoms with Gasteiger partial charge in [0.15, 0.2) is 0 Å². The lowest BCUT2D eigenvalue weighted by Gasteiger charge is -2.21. The first-order valence-electron chi connectivity index (χ1n) is 14.1. The molecule has 1 aliphatic carbocycles. The zero-order valence-electron chi connectivity index (χ0n) is 25.5. The van der Waals surface area contributed by atoms with Crippen molar-refractivity contribution in [1.29, 1.82) is 0 Å². The lowest BCUT2D eigenvalue weighted by Crippen LogP contribution is -2.22. The summed E-state index contributed by atoms with van der Waals surface area (Å²) < 4.78 is 0. The van der Waals surface area contributed by atoms with Crippen molar-refractivity contribution < 1.29 is 0 Å². The maximum atomic E-state index is 5.55. The summed E-state index contributed by atoms with van der Waals surface area (Å²) in [7, 11) is 0. The van der Waals surface area contributed by atoms with E-state index >= 15 is 0 Å². The number of halogens is 4. The summed E-state index contributed by atoms with van der Waals surface area (Å²) in [6.45, 7) is 0. The number of aliphatic imine (C=N–C) groups is 2. The van der Waals surface area contributed by atoms with Gasteiger partial charge in [0, 0.05) is 33.6 Å². The standard InChI is InChI=1S/C38H24N4.2CH2Cl2/c1-5-27-9-17-31(18-10-27)39-35-25-37(41-33-21-13-29(7-3)14-22-33)38(42-34-23-15-30(8-4)16-24-34)26-36(35)40-32-19-11-28(6-2)12-20-32;2*2-1-3/h1-4,9-26,39,42H;2*1H2. The van der Waals surface area contributed by atoms with Crippen molar-refractivity contribution in [2.75, 3.05) is 21.3 Å². The van der Waals surface area contributed by atoms with Crippen LogP contribution in [0.4, 0.5) is 22.7 Å². The Morgan fingerprint density at radius 1 is 0.438 bits per heavy atom. The normalized spacial score (nSPS) is 13.0. The second-order valence-electron chi connectivity index (χ2n) is 9.39. The van der Waals surface area contributed by atoms with Crippen LogP contribution in [-0.4, -0.2) is 22.1 Å². The first kappa shape index (κ1) is 37.2. The Hall–Kier alpha value is -5.30. The van der Waals surface area contributed by atoms with Gasteiger partial charge >= 0.3 is 0 Å². The van der Waals surface area contributed by atoms with E-state index < -0.39 is 0 Å². The van der Waals surface area contributed by atoms with E-state index in [-0.39, 0.29) is 10.7 Å². The van der Waals surface area contributed by atoms with E-state index in [4.69, 9.17) is 82.1 Å². The van der Waals surface area contributed by atoms with E-state index in [1.807, 2.05) is 109 Å². The SMILES string of the molecule is C#Cc1ccc(N=C2C=C(Nc3ccc(C#C)cc3)C(=Nc3ccc(C#C)cc3)C=C2Nc2ccc(C#C)cc2)cc1.ClCCl.ClCCl. The fourth-order valence-corrected chi connectivity index (χ4v) is 4.12. The van der Waals surface area contributed by atoms with Crippen LogP contribution in [0.5, 0.6) is 0 Å². The van der Waals surface area contributed by atoms with E-state index in [0.717, 1.165) is 56.4 Å². The van der Waals surface area contributed by atoms with Crippen LogP contribution in [0.2, 0.25) is 0 Å². The zero-order valence-corrected chi connectivity index (χ0v) is 28.5. The van der Waals surface area contributed by atoms with Gasteiger partial charge < -0.3 is 10.6 Å². The molecule has 0 spiro atoms. The molecule has 236 valence electrons.